The van der Waals surface area contributed by atoms with E-state index in [0.717, 1.165) is 16.8 Å². The Balaban J connectivity index is 1.61. The fraction of sp³-hybridized carbons (Fsp3) is 0.296. The Morgan fingerprint density at radius 1 is 1.11 bits per heavy atom. The minimum Gasteiger partial charge on any atom is -0.634 e. The van der Waals surface area contributed by atoms with Crippen LogP contribution < -0.4 is 14.7 Å². The number of hydrogen-bond donors (Lipinski definition) is 2. The maximum atomic E-state index is 12.4. The molecule has 1 fully saturated rings. The van der Waals surface area contributed by atoms with Gasteiger partial charge < -0.3 is 25.0 Å². The number of carboxylic acid groups (broad SMARTS) is 1. The number of hydroxylamine groups is 2. The number of benzene rings is 3. The van der Waals surface area contributed by atoms with Crippen molar-refractivity contribution in [3.8, 4) is 5.75 Å². The van der Waals surface area contributed by atoms with E-state index in [2.05, 4.69) is 29.2 Å². The largest absolute Gasteiger partial charge is 0.634 e. The molecule has 0 bridgehead atoms. The summed E-state index contributed by atoms with van der Waals surface area (Å²) < 4.78 is 6.15. The molecule has 184 valence electrons. The summed E-state index contributed by atoms with van der Waals surface area (Å²) in [5, 5.41) is 23.0. The summed E-state index contributed by atoms with van der Waals surface area (Å²) in [6, 6.07) is 18.9. The lowest BCUT2D eigenvalue weighted by molar-refractivity contribution is -0.851. The number of anilines is 1. The first-order valence-electron chi connectivity index (χ1n) is 11.5. The molecule has 35 heavy (non-hydrogen) atoms. The topological polar surface area (TPSA) is 77.3 Å². The number of ether oxygens (including phenoxy) is 1. The number of carboxylic acids is 1. The molecule has 2 N–H and O–H groups in total. The summed E-state index contributed by atoms with van der Waals surface area (Å²) in [5.74, 6) is -0.251. The van der Waals surface area contributed by atoms with Gasteiger partial charge in [-0.05, 0) is 48.4 Å². The molecule has 8 heteroatoms. The van der Waals surface area contributed by atoms with Gasteiger partial charge in [-0.1, -0.05) is 59.1 Å². The average molecular weight is 515 g/mol. The molecule has 0 amide bonds. The van der Waals surface area contributed by atoms with Gasteiger partial charge in [0.1, 0.15) is 12.4 Å². The van der Waals surface area contributed by atoms with Crippen molar-refractivity contribution in [2.45, 2.75) is 32.4 Å². The number of carbonyl (C=O) groups is 1. The predicted octanol–water partition coefficient (Wildman–Crippen LogP) is 4.32. The van der Waals surface area contributed by atoms with Crippen molar-refractivity contribution in [3.05, 3.63) is 98.2 Å². The van der Waals surface area contributed by atoms with Crippen LogP contribution in [-0.2, 0) is 24.2 Å². The first-order valence-corrected chi connectivity index (χ1v) is 12.3. The van der Waals surface area contributed by atoms with Crippen molar-refractivity contribution in [1.82, 2.24) is 0 Å². The molecule has 0 aliphatic carbocycles. The monoisotopic (exact) mass is 514 g/mol. The SMILES string of the molecule is Cc1ccc(N2CC[NH+]([O-])CC2Cc2cc(CC(=O)O)ccc2OCc2ccc(Cl)cc2Cl)cc1. The number of piperazine rings is 1. The van der Waals surface area contributed by atoms with Crippen molar-refractivity contribution >= 4 is 34.9 Å². The number of nitrogens with zero attached hydrogens (tertiary/aromatic N) is 1. The molecule has 1 aliphatic rings. The van der Waals surface area contributed by atoms with Crippen LogP contribution in [0.4, 0.5) is 5.69 Å². The number of nitrogens with one attached hydrogen (secondary N) is 1. The van der Waals surface area contributed by atoms with Gasteiger partial charge in [0.15, 0.2) is 0 Å². The van der Waals surface area contributed by atoms with Gasteiger partial charge >= 0.3 is 5.97 Å². The maximum absolute atomic E-state index is 12.4. The van der Waals surface area contributed by atoms with Gasteiger partial charge in [-0.2, -0.15) is 0 Å². The second-order valence-corrected chi connectivity index (χ2v) is 9.76. The van der Waals surface area contributed by atoms with E-state index in [1.807, 2.05) is 19.1 Å². The predicted molar refractivity (Wildman–Crippen MR) is 139 cm³/mol. The molecule has 3 aromatic carbocycles. The minimum atomic E-state index is -0.897. The smallest absolute Gasteiger partial charge is 0.307 e. The van der Waals surface area contributed by atoms with E-state index in [1.165, 1.54) is 5.56 Å². The molecule has 0 radical (unpaired) electrons. The molecule has 1 saturated heterocycles. The van der Waals surface area contributed by atoms with E-state index < -0.39 is 5.97 Å². The normalized spacial score (nSPS) is 17.9. The zero-order valence-electron chi connectivity index (χ0n) is 19.5. The van der Waals surface area contributed by atoms with Gasteiger partial charge in [0, 0.05) is 27.7 Å². The highest BCUT2D eigenvalue weighted by molar-refractivity contribution is 6.35. The van der Waals surface area contributed by atoms with E-state index in [0.29, 0.717) is 47.4 Å². The third-order valence-corrected chi connectivity index (χ3v) is 6.82. The van der Waals surface area contributed by atoms with Crippen LogP contribution in [0.1, 0.15) is 22.3 Å². The molecule has 6 nitrogen and oxygen atoms in total. The van der Waals surface area contributed by atoms with E-state index in [4.69, 9.17) is 27.9 Å². The number of aryl methyl sites for hydroxylation is 1. The number of halogens is 2. The van der Waals surface area contributed by atoms with Crippen molar-refractivity contribution in [2.75, 3.05) is 24.5 Å². The van der Waals surface area contributed by atoms with E-state index in [9.17, 15) is 15.1 Å². The number of rotatable bonds is 8. The molecular formula is C27H28Cl2N2O4. The highest BCUT2D eigenvalue weighted by Gasteiger charge is 2.28. The summed E-state index contributed by atoms with van der Waals surface area (Å²) >= 11 is 12.3. The highest BCUT2D eigenvalue weighted by atomic mass is 35.5. The molecule has 4 rings (SSSR count). The third kappa shape index (κ3) is 6.67. The number of quaternary nitrogens is 1. The summed E-state index contributed by atoms with van der Waals surface area (Å²) in [4.78, 5) is 13.6. The van der Waals surface area contributed by atoms with Crippen LogP contribution in [0.25, 0.3) is 0 Å². The molecule has 2 unspecified atom stereocenters. The van der Waals surface area contributed by atoms with Crippen LogP contribution >= 0.6 is 23.2 Å². The Morgan fingerprint density at radius 3 is 2.60 bits per heavy atom. The second-order valence-electron chi connectivity index (χ2n) is 8.92. The number of hydrogen-bond acceptors (Lipinski definition) is 4. The lowest BCUT2D eigenvalue weighted by Gasteiger charge is -2.42. The minimum absolute atomic E-state index is 0.0551. The summed E-state index contributed by atoms with van der Waals surface area (Å²) in [7, 11) is 0. The molecule has 0 spiro atoms. The standard InChI is InChI=1S/C27H28Cl2N2O4/c1-18-2-7-23(8-3-18)31-11-10-30(34)16-24(31)14-21-12-19(13-27(32)33)4-9-26(21)35-17-20-5-6-22(28)15-25(20)29/h2-9,12,15,24,30H,10-11,13-14,16-17H2,1H3,(H,32,33). The van der Waals surface area contributed by atoms with E-state index in [1.54, 1.807) is 24.3 Å². The van der Waals surface area contributed by atoms with Gasteiger partial charge in [-0.25, -0.2) is 0 Å². The van der Waals surface area contributed by atoms with Gasteiger partial charge in [-0.15, -0.1) is 0 Å². The van der Waals surface area contributed by atoms with Crippen molar-refractivity contribution in [3.63, 3.8) is 0 Å². The van der Waals surface area contributed by atoms with Crippen LogP contribution in [0, 0.1) is 12.1 Å². The van der Waals surface area contributed by atoms with Crippen molar-refractivity contribution in [1.29, 1.82) is 0 Å². The quantitative estimate of drug-likeness (QED) is 0.437. The molecule has 3 aromatic rings. The van der Waals surface area contributed by atoms with Crippen molar-refractivity contribution < 1.29 is 19.7 Å². The molecular weight excluding hydrogens is 487 g/mol. The Labute approximate surface area is 215 Å². The molecule has 1 aliphatic heterocycles. The first kappa shape index (κ1) is 25.3. The third-order valence-electron chi connectivity index (χ3n) is 6.24. The molecule has 0 aromatic heterocycles. The summed E-state index contributed by atoms with van der Waals surface area (Å²) in [6.07, 6.45) is 0.471. The van der Waals surface area contributed by atoms with Gasteiger partial charge in [-0.3, -0.25) is 4.79 Å². The number of aliphatic carboxylic acids is 1. The maximum Gasteiger partial charge on any atom is 0.307 e. The Morgan fingerprint density at radius 2 is 1.89 bits per heavy atom. The van der Waals surface area contributed by atoms with Crippen LogP contribution in [-0.4, -0.2) is 36.8 Å². The molecule has 2 atom stereocenters. The Kier molecular flexibility index (Phi) is 8.19. The van der Waals surface area contributed by atoms with Gasteiger partial charge in [0.05, 0.1) is 32.1 Å². The zero-order chi connectivity index (χ0) is 24.9. The van der Waals surface area contributed by atoms with Crippen molar-refractivity contribution in [2.24, 2.45) is 0 Å². The Hall–Kier alpha value is -2.77. The van der Waals surface area contributed by atoms with Crippen LogP contribution in [0.2, 0.25) is 10.0 Å². The lowest BCUT2D eigenvalue weighted by atomic mass is 9.98. The van der Waals surface area contributed by atoms with E-state index >= 15 is 0 Å². The fourth-order valence-electron chi connectivity index (χ4n) is 4.43. The fourth-order valence-corrected chi connectivity index (χ4v) is 4.89. The van der Waals surface area contributed by atoms with E-state index in [-0.39, 0.29) is 24.1 Å². The first-order chi connectivity index (χ1) is 16.8. The lowest BCUT2D eigenvalue weighted by Crippen LogP contribution is -3.11. The molecule has 0 saturated carbocycles. The highest BCUT2D eigenvalue weighted by Crippen LogP contribution is 2.28. The Bertz CT molecular complexity index is 1190. The summed E-state index contributed by atoms with van der Waals surface area (Å²) in [6.45, 7) is 3.89. The van der Waals surface area contributed by atoms with Crippen LogP contribution in [0.3, 0.4) is 0 Å². The van der Waals surface area contributed by atoms with Crippen LogP contribution in [0.5, 0.6) is 5.75 Å². The average Bonchev–Trinajstić information content (AvgIpc) is 2.80. The second kappa shape index (κ2) is 11.3. The van der Waals surface area contributed by atoms with Gasteiger partial charge in [0.2, 0.25) is 0 Å². The molecule has 1 heterocycles. The van der Waals surface area contributed by atoms with Crippen LogP contribution in [0.15, 0.2) is 60.7 Å². The zero-order valence-corrected chi connectivity index (χ0v) is 21.0. The summed E-state index contributed by atoms with van der Waals surface area (Å²) in [5.41, 5.74) is 4.60. The van der Waals surface area contributed by atoms with Gasteiger partial charge in [0.25, 0.3) is 0 Å².